The summed E-state index contributed by atoms with van der Waals surface area (Å²) in [5.41, 5.74) is 4.28. The molecule has 2 amide bonds. The number of H-pyrrole nitrogens is 1. The summed E-state index contributed by atoms with van der Waals surface area (Å²) in [5, 5.41) is 6.40. The molecular weight excluding hydrogens is 354 g/mol. The number of hydrogen-bond donors (Lipinski definition) is 3. The lowest BCUT2D eigenvalue weighted by atomic mass is 9.80. The number of nitrogens with zero attached hydrogens (tertiary/aromatic N) is 2. The fraction of sp³-hybridized carbons (Fsp3) is 0.476. The second-order valence-corrected chi connectivity index (χ2v) is 7.81. The Labute approximate surface area is 164 Å². The van der Waals surface area contributed by atoms with Gasteiger partial charge in [0, 0.05) is 31.7 Å². The van der Waals surface area contributed by atoms with Crippen molar-refractivity contribution in [3.8, 4) is 0 Å². The Balaban J connectivity index is 1.27. The van der Waals surface area contributed by atoms with E-state index in [0.717, 1.165) is 42.6 Å². The minimum Gasteiger partial charge on any atom is -0.348 e. The number of nitrogens with one attached hydrogen (secondary N) is 3. The van der Waals surface area contributed by atoms with Gasteiger partial charge in [0.2, 0.25) is 11.8 Å². The van der Waals surface area contributed by atoms with Crippen LogP contribution in [0.5, 0.6) is 0 Å². The van der Waals surface area contributed by atoms with E-state index in [-0.39, 0.29) is 23.9 Å². The molecule has 2 aromatic rings. The highest BCUT2D eigenvalue weighted by atomic mass is 16.2. The molecule has 148 valence electrons. The first kappa shape index (κ1) is 18.7. The summed E-state index contributed by atoms with van der Waals surface area (Å²) in [6.07, 6.45) is 4.71. The largest absolute Gasteiger partial charge is 0.348 e. The normalized spacial score (nSPS) is 18.0. The molecule has 7 heteroatoms. The van der Waals surface area contributed by atoms with Crippen LogP contribution in [0.1, 0.15) is 35.4 Å². The molecule has 0 bridgehead atoms. The molecule has 3 N–H and O–H groups in total. The van der Waals surface area contributed by atoms with Gasteiger partial charge in [-0.1, -0.05) is 29.8 Å². The first-order chi connectivity index (χ1) is 13.6. The maximum absolute atomic E-state index is 12.5. The summed E-state index contributed by atoms with van der Waals surface area (Å²) >= 11 is 0. The van der Waals surface area contributed by atoms with Crippen LogP contribution in [0.4, 0.5) is 0 Å². The van der Waals surface area contributed by atoms with Gasteiger partial charge in [0.05, 0.1) is 30.5 Å². The van der Waals surface area contributed by atoms with Crippen molar-refractivity contribution >= 4 is 11.8 Å². The molecule has 1 spiro atoms. The average molecular weight is 381 g/mol. The van der Waals surface area contributed by atoms with Gasteiger partial charge in [-0.2, -0.15) is 0 Å². The molecule has 2 aliphatic rings. The molecule has 0 unspecified atom stereocenters. The predicted octanol–water partition coefficient (Wildman–Crippen LogP) is 1.04. The number of fused-ring (bicyclic) bond motifs is 2. The van der Waals surface area contributed by atoms with E-state index in [4.69, 9.17) is 0 Å². The number of rotatable bonds is 4. The quantitative estimate of drug-likeness (QED) is 0.738. The highest BCUT2D eigenvalue weighted by molar-refractivity contribution is 5.85. The third-order valence-corrected chi connectivity index (χ3v) is 5.86. The molecule has 3 heterocycles. The number of aromatic nitrogens is 2. The molecular formula is C21H27N5O2. The fourth-order valence-electron chi connectivity index (χ4n) is 4.34. The molecule has 0 aliphatic carbocycles. The zero-order chi connectivity index (χ0) is 19.6. The van der Waals surface area contributed by atoms with Crippen molar-refractivity contribution in [2.45, 2.75) is 38.1 Å². The SMILES string of the molecule is Cc1cccc(CC(=O)NCC(=O)N2CCC3(CC2)NCCc2[nH]cnc23)c1. The average Bonchev–Trinajstić information content (AvgIpc) is 3.17. The van der Waals surface area contributed by atoms with Crippen molar-refractivity contribution in [1.82, 2.24) is 25.5 Å². The highest BCUT2D eigenvalue weighted by Crippen LogP contribution is 2.35. The van der Waals surface area contributed by atoms with Crippen LogP contribution >= 0.6 is 0 Å². The van der Waals surface area contributed by atoms with Crippen molar-refractivity contribution < 1.29 is 9.59 Å². The van der Waals surface area contributed by atoms with E-state index in [0.29, 0.717) is 19.5 Å². The summed E-state index contributed by atoms with van der Waals surface area (Å²) < 4.78 is 0. The number of benzene rings is 1. The van der Waals surface area contributed by atoms with Crippen LogP contribution in [0, 0.1) is 6.92 Å². The van der Waals surface area contributed by atoms with Crippen molar-refractivity contribution in [2.75, 3.05) is 26.2 Å². The van der Waals surface area contributed by atoms with E-state index in [1.165, 1.54) is 5.69 Å². The van der Waals surface area contributed by atoms with Gasteiger partial charge in [-0.05, 0) is 25.3 Å². The van der Waals surface area contributed by atoms with E-state index < -0.39 is 0 Å². The molecule has 1 fully saturated rings. The zero-order valence-corrected chi connectivity index (χ0v) is 16.3. The van der Waals surface area contributed by atoms with Gasteiger partial charge in [-0.25, -0.2) is 4.98 Å². The second kappa shape index (κ2) is 7.75. The number of carbonyl (C=O) groups excluding carboxylic acids is 2. The fourth-order valence-corrected chi connectivity index (χ4v) is 4.34. The lowest BCUT2D eigenvalue weighted by molar-refractivity contribution is -0.134. The topological polar surface area (TPSA) is 90.1 Å². The number of hydrogen-bond acceptors (Lipinski definition) is 4. The van der Waals surface area contributed by atoms with E-state index in [1.807, 2.05) is 36.1 Å². The zero-order valence-electron chi connectivity index (χ0n) is 16.3. The van der Waals surface area contributed by atoms with Gasteiger partial charge in [-0.3, -0.25) is 9.59 Å². The monoisotopic (exact) mass is 381 g/mol. The molecule has 1 saturated heterocycles. The van der Waals surface area contributed by atoms with Gasteiger partial charge in [0.15, 0.2) is 0 Å². The molecule has 0 radical (unpaired) electrons. The van der Waals surface area contributed by atoms with Gasteiger partial charge >= 0.3 is 0 Å². The Kier molecular flexibility index (Phi) is 5.17. The maximum atomic E-state index is 12.5. The van der Waals surface area contributed by atoms with Gasteiger partial charge in [0.25, 0.3) is 0 Å². The lowest BCUT2D eigenvalue weighted by Gasteiger charge is -2.44. The number of piperidine rings is 1. The van der Waals surface area contributed by atoms with Crippen LogP contribution in [-0.4, -0.2) is 52.9 Å². The van der Waals surface area contributed by atoms with Crippen molar-refractivity contribution in [1.29, 1.82) is 0 Å². The van der Waals surface area contributed by atoms with E-state index >= 15 is 0 Å². The van der Waals surface area contributed by atoms with Crippen LogP contribution in [0.3, 0.4) is 0 Å². The van der Waals surface area contributed by atoms with E-state index in [1.54, 1.807) is 6.33 Å². The standard InChI is InChI=1S/C21H27N5O2/c1-15-3-2-4-16(11-15)12-18(27)22-13-19(28)26-9-6-21(7-10-26)20-17(5-8-25-21)23-14-24-20/h2-4,11,14,25H,5-10,12-13H2,1H3,(H,22,27)(H,23,24). The van der Waals surface area contributed by atoms with Gasteiger partial charge < -0.3 is 20.5 Å². The van der Waals surface area contributed by atoms with Crippen LogP contribution in [0.15, 0.2) is 30.6 Å². The summed E-state index contributed by atoms with van der Waals surface area (Å²) in [7, 11) is 0. The molecule has 7 nitrogen and oxygen atoms in total. The number of carbonyl (C=O) groups is 2. The van der Waals surface area contributed by atoms with Gasteiger partial charge in [-0.15, -0.1) is 0 Å². The van der Waals surface area contributed by atoms with Crippen molar-refractivity contribution in [3.63, 3.8) is 0 Å². The Bertz CT molecular complexity index is 867. The summed E-state index contributed by atoms with van der Waals surface area (Å²) in [6.45, 7) is 4.33. The van der Waals surface area contributed by atoms with Crippen molar-refractivity contribution in [2.24, 2.45) is 0 Å². The van der Waals surface area contributed by atoms with E-state index in [2.05, 4.69) is 20.6 Å². The molecule has 1 aromatic heterocycles. The van der Waals surface area contributed by atoms with Crippen LogP contribution in [0.25, 0.3) is 0 Å². The molecule has 0 saturated carbocycles. The molecule has 1 aromatic carbocycles. The van der Waals surface area contributed by atoms with Gasteiger partial charge in [0.1, 0.15) is 0 Å². The number of likely N-dealkylation sites (tertiary alicyclic amines) is 1. The molecule has 0 atom stereocenters. The second-order valence-electron chi connectivity index (χ2n) is 7.81. The Morgan fingerprint density at radius 2 is 2.11 bits per heavy atom. The smallest absolute Gasteiger partial charge is 0.241 e. The first-order valence-electron chi connectivity index (χ1n) is 9.93. The minimum atomic E-state index is -0.126. The van der Waals surface area contributed by atoms with Crippen LogP contribution < -0.4 is 10.6 Å². The molecule has 28 heavy (non-hydrogen) atoms. The van der Waals surface area contributed by atoms with Crippen LogP contribution in [-0.2, 0) is 28.0 Å². The highest BCUT2D eigenvalue weighted by Gasteiger charge is 2.41. The number of amides is 2. The van der Waals surface area contributed by atoms with Crippen LogP contribution in [0.2, 0.25) is 0 Å². The summed E-state index contributed by atoms with van der Waals surface area (Å²) in [5.74, 6) is -0.145. The molecule has 4 rings (SSSR count). The summed E-state index contributed by atoms with van der Waals surface area (Å²) in [6, 6.07) is 7.86. The van der Waals surface area contributed by atoms with E-state index in [9.17, 15) is 9.59 Å². The third kappa shape index (κ3) is 3.80. The summed E-state index contributed by atoms with van der Waals surface area (Å²) in [4.78, 5) is 34.3. The number of aryl methyl sites for hydroxylation is 1. The minimum absolute atomic E-state index is 0.0227. The lowest BCUT2D eigenvalue weighted by Crippen LogP contribution is -2.56. The molecule has 2 aliphatic heterocycles. The Morgan fingerprint density at radius 3 is 2.89 bits per heavy atom. The Morgan fingerprint density at radius 1 is 1.29 bits per heavy atom. The Hall–Kier alpha value is -2.67. The van der Waals surface area contributed by atoms with Crippen molar-refractivity contribution in [3.05, 3.63) is 53.1 Å². The predicted molar refractivity (Wildman–Crippen MR) is 106 cm³/mol. The number of aromatic amines is 1. The third-order valence-electron chi connectivity index (χ3n) is 5.86. The maximum Gasteiger partial charge on any atom is 0.241 e. The first-order valence-corrected chi connectivity index (χ1v) is 9.93. The number of imidazole rings is 1.